The number of carbonyl (C=O) groups excluding carboxylic acids is 1. The van der Waals surface area contributed by atoms with Gasteiger partial charge < -0.3 is 14.8 Å². The van der Waals surface area contributed by atoms with E-state index < -0.39 is 6.10 Å². The molecule has 6 heteroatoms. The predicted molar refractivity (Wildman–Crippen MR) is 96.0 cm³/mol. The third-order valence-corrected chi connectivity index (χ3v) is 4.26. The quantitative estimate of drug-likeness (QED) is 0.768. The van der Waals surface area contributed by atoms with E-state index in [0.717, 1.165) is 11.1 Å². The van der Waals surface area contributed by atoms with Crippen molar-refractivity contribution in [3.63, 3.8) is 0 Å². The monoisotopic (exact) mass is 349 g/mol. The fraction of sp³-hybridized carbons (Fsp3) is 0.200. The average Bonchev–Trinajstić information content (AvgIpc) is 3.20. The van der Waals surface area contributed by atoms with Gasteiger partial charge >= 0.3 is 0 Å². The van der Waals surface area contributed by atoms with Crippen molar-refractivity contribution in [2.24, 2.45) is 0 Å². The lowest BCUT2D eigenvalue weighted by atomic mass is 10.1. The Morgan fingerprint density at radius 3 is 2.65 bits per heavy atom. The van der Waals surface area contributed by atoms with E-state index in [-0.39, 0.29) is 12.5 Å². The zero-order valence-electron chi connectivity index (χ0n) is 14.2. The van der Waals surface area contributed by atoms with Gasteiger partial charge in [0.15, 0.2) is 11.5 Å². The molecule has 0 unspecified atom stereocenters. The van der Waals surface area contributed by atoms with Crippen LogP contribution < -0.4 is 14.8 Å². The molecule has 1 aliphatic heterocycles. The van der Waals surface area contributed by atoms with Crippen molar-refractivity contribution in [2.45, 2.75) is 19.2 Å². The van der Waals surface area contributed by atoms with Crippen LogP contribution in [0.2, 0.25) is 0 Å². The van der Waals surface area contributed by atoms with Gasteiger partial charge in [-0.1, -0.05) is 36.4 Å². The minimum Gasteiger partial charge on any atom is -0.485 e. The number of carbonyl (C=O) groups is 1. The van der Waals surface area contributed by atoms with Gasteiger partial charge in [0, 0.05) is 18.9 Å². The number of amides is 1. The molecule has 1 amide bonds. The molecule has 1 atom stereocenters. The lowest BCUT2D eigenvalue weighted by molar-refractivity contribution is -0.130. The van der Waals surface area contributed by atoms with Crippen molar-refractivity contribution in [3.05, 3.63) is 78.1 Å². The highest BCUT2D eigenvalue weighted by Gasteiger charge is 2.27. The van der Waals surface area contributed by atoms with Crippen molar-refractivity contribution in [1.82, 2.24) is 15.1 Å². The van der Waals surface area contributed by atoms with Crippen LogP contribution in [-0.4, -0.2) is 28.4 Å². The van der Waals surface area contributed by atoms with Crippen LogP contribution in [-0.2, 0) is 17.9 Å². The topological polar surface area (TPSA) is 65.4 Å². The second-order valence-corrected chi connectivity index (χ2v) is 6.05. The second kappa shape index (κ2) is 7.31. The third-order valence-electron chi connectivity index (χ3n) is 4.26. The number of ether oxygens (including phenoxy) is 2. The van der Waals surface area contributed by atoms with Gasteiger partial charge in [0.05, 0.1) is 6.54 Å². The fourth-order valence-corrected chi connectivity index (χ4v) is 2.90. The normalized spacial score (nSPS) is 15.5. The highest BCUT2D eigenvalue weighted by molar-refractivity contribution is 5.81. The molecule has 0 radical (unpaired) electrons. The molecule has 0 spiro atoms. The van der Waals surface area contributed by atoms with E-state index in [4.69, 9.17) is 9.47 Å². The van der Waals surface area contributed by atoms with Crippen LogP contribution in [0, 0.1) is 0 Å². The van der Waals surface area contributed by atoms with Gasteiger partial charge in [0.25, 0.3) is 5.91 Å². The molecular weight excluding hydrogens is 330 g/mol. The maximum Gasteiger partial charge on any atom is 0.264 e. The lowest BCUT2D eigenvalue weighted by Gasteiger charge is -2.25. The maximum atomic E-state index is 12.5. The molecule has 26 heavy (non-hydrogen) atoms. The van der Waals surface area contributed by atoms with Gasteiger partial charge in [-0.25, -0.2) is 0 Å². The molecule has 0 saturated heterocycles. The Bertz CT molecular complexity index is 893. The number of para-hydroxylation sites is 2. The van der Waals surface area contributed by atoms with E-state index in [1.54, 1.807) is 12.3 Å². The molecule has 6 nitrogen and oxygen atoms in total. The summed E-state index contributed by atoms with van der Waals surface area (Å²) in [5, 5.41) is 7.18. The molecule has 0 saturated carbocycles. The van der Waals surface area contributed by atoms with Gasteiger partial charge in [-0.3, -0.25) is 9.48 Å². The number of nitrogens with zero attached hydrogens (tertiary/aromatic N) is 2. The van der Waals surface area contributed by atoms with Crippen molar-refractivity contribution in [1.29, 1.82) is 0 Å². The first kappa shape index (κ1) is 16.2. The highest BCUT2D eigenvalue weighted by atomic mass is 16.6. The van der Waals surface area contributed by atoms with Crippen LogP contribution >= 0.6 is 0 Å². The van der Waals surface area contributed by atoms with Gasteiger partial charge in [0.2, 0.25) is 6.10 Å². The van der Waals surface area contributed by atoms with E-state index in [0.29, 0.717) is 24.6 Å². The molecule has 0 aliphatic carbocycles. The maximum absolute atomic E-state index is 12.5. The number of aromatic nitrogens is 2. The number of hydrogen-bond acceptors (Lipinski definition) is 4. The number of nitrogens with one attached hydrogen (secondary N) is 1. The summed E-state index contributed by atoms with van der Waals surface area (Å²) in [6, 6.07) is 17.2. The summed E-state index contributed by atoms with van der Waals surface area (Å²) < 4.78 is 13.2. The van der Waals surface area contributed by atoms with E-state index in [9.17, 15) is 4.79 Å². The number of rotatable bonds is 5. The van der Waals surface area contributed by atoms with Crippen LogP contribution in [0.1, 0.15) is 11.1 Å². The van der Waals surface area contributed by atoms with Crippen LogP contribution in [0.4, 0.5) is 0 Å². The summed E-state index contributed by atoms with van der Waals surface area (Å²) in [7, 11) is 0. The Morgan fingerprint density at radius 1 is 1.08 bits per heavy atom. The summed E-state index contributed by atoms with van der Waals surface area (Å²) >= 11 is 0. The molecule has 4 rings (SSSR count). The zero-order chi connectivity index (χ0) is 17.8. The molecular formula is C20H19N3O3. The minimum atomic E-state index is -0.650. The molecule has 1 aliphatic rings. The van der Waals surface area contributed by atoms with Gasteiger partial charge in [-0.15, -0.1) is 0 Å². The standard InChI is InChI=1S/C20H19N3O3/c24-20(19-14-25-17-8-3-4-9-18(17)26-19)21-12-15-6-1-2-7-16(15)13-23-11-5-10-22-23/h1-11,19H,12-14H2,(H,21,24)/t19-/m1/s1. The molecule has 3 aromatic rings. The van der Waals surface area contributed by atoms with E-state index in [2.05, 4.69) is 10.4 Å². The Balaban J connectivity index is 1.39. The van der Waals surface area contributed by atoms with Crippen LogP contribution in [0.25, 0.3) is 0 Å². The molecule has 2 aromatic carbocycles. The Hall–Kier alpha value is -3.28. The highest BCUT2D eigenvalue weighted by Crippen LogP contribution is 2.30. The average molecular weight is 349 g/mol. The predicted octanol–water partition coefficient (Wildman–Crippen LogP) is 2.39. The van der Waals surface area contributed by atoms with Crippen molar-refractivity contribution in [3.8, 4) is 11.5 Å². The van der Waals surface area contributed by atoms with Crippen molar-refractivity contribution < 1.29 is 14.3 Å². The van der Waals surface area contributed by atoms with E-state index >= 15 is 0 Å². The first-order chi connectivity index (χ1) is 12.8. The molecule has 132 valence electrons. The first-order valence-corrected chi connectivity index (χ1v) is 8.50. The Labute approximate surface area is 151 Å². The van der Waals surface area contributed by atoms with E-state index in [1.165, 1.54) is 0 Å². The zero-order valence-corrected chi connectivity index (χ0v) is 14.2. The summed E-state index contributed by atoms with van der Waals surface area (Å²) in [4.78, 5) is 12.5. The summed E-state index contributed by atoms with van der Waals surface area (Å²) in [5.41, 5.74) is 2.16. The smallest absolute Gasteiger partial charge is 0.264 e. The number of benzene rings is 2. The van der Waals surface area contributed by atoms with Crippen molar-refractivity contribution >= 4 is 5.91 Å². The molecule has 1 aromatic heterocycles. The fourth-order valence-electron chi connectivity index (χ4n) is 2.90. The van der Waals surface area contributed by atoms with Crippen LogP contribution in [0.3, 0.4) is 0 Å². The Morgan fingerprint density at radius 2 is 1.85 bits per heavy atom. The third kappa shape index (κ3) is 3.54. The number of hydrogen-bond donors (Lipinski definition) is 1. The minimum absolute atomic E-state index is 0.187. The number of fused-ring (bicyclic) bond motifs is 1. The summed E-state index contributed by atoms with van der Waals surface area (Å²) in [6.07, 6.45) is 3.02. The lowest BCUT2D eigenvalue weighted by Crippen LogP contribution is -2.43. The molecule has 2 heterocycles. The van der Waals surface area contributed by atoms with Crippen LogP contribution in [0.5, 0.6) is 11.5 Å². The van der Waals surface area contributed by atoms with E-state index in [1.807, 2.05) is 59.4 Å². The molecule has 0 bridgehead atoms. The Kier molecular flexibility index (Phi) is 4.55. The van der Waals surface area contributed by atoms with Gasteiger partial charge in [-0.2, -0.15) is 5.10 Å². The SMILES string of the molecule is O=C(NCc1ccccc1Cn1cccn1)[C@H]1COc2ccccc2O1. The second-order valence-electron chi connectivity index (χ2n) is 6.05. The molecule has 0 fully saturated rings. The van der Waals surface area contributed by atoms with Gasteiger partial charge in [-0.05, 0) is 29.3 Å². The molecule has 1 N–H and O–H groups in total. The summed E-state index contributed by atoms with van der Waals surface area (Å²) in [6.45, 7) is 1.30. The summed E-state index contributed by atoms with van der Waals surface area (Å²) in [5.74, 6) is 1.08. The first-order valence-electron chi connectivity index (χ1n) is 8.50. The van der Waals surface area contributed by atoms with Crippen LogP contribution in [0.15, 0.2) is 67.0 Å². The largest absolute Gasteiger partial charge is 0.485 e. The van der Waals surface area contributed by atoms with Gasteiger partial charge in [0.1, 0.15) is 6.61 Å². The van der Waals surface area contributed by atoms with Crippen molar-refractivity contribution in [2.75, 3.05) is 6.61 Å².